The molecule has 1 amide bonds. The molecule has 1 aliphatic rings. The van der Waals surface area contributed by atoms with E-state index in [-0.39, 0.29) is 16.8 Å². The van der Waals surface area contributed by atoms with E-state index in [1.165, 1.54) is 6.26 Å². The van der Waals surface area contributed by atoms with Crippen LogP contribution in [0.1, 0.15) is 56.7 Å². The smallest absolute Gasteiger partial charge is 0.220 e. The fourth-order valence-corrected chi connectivity index (χ4v) is 6.80. The van der Waals surface area contributed by atoms with Gasteiger partial charge in [0.25, 0.3) is 0 Å². The van der Waals surface area contributed by atoms with Gasteiger partial charge in [-0.05, 0) is 61.6 Å². The largest absolute Gasteiger partial charge is 0.334 e. The summed E-state index contributed by atoms with van der Waals surface area (Å²) < 4.78 is 28.3. The Morgan fingerprint density at radius 2 is 1.69 bits per heavy atom. The van der Waals surface area contributed by atoms with E-state index in [1.807, 2.05) is 96.2 Å². The summed E-state index contributed by atoms with van der Waals surface area (Å²) in [6.45, 7) is 6.32. The number of imidazole rings is 1. The number of hydrogen-bond donors (Lipinski definition) is 0. The van der Waals surface area contributed by atoms with Gasteiger partial charge in [0.05, 0.1) is 22.3 Å². The van der Waals surface area contributed by atoms with E-state index in [0.717, 1.165) is 35.2 Å². The average Bonchev–Trinajstić information content (AvgIpc) is 3.57. The Hall–Kier alpha value is -3.42. The van der Waals surface area contributed by atoms with Crippen LogP contribution in [0.15, 0.2) is 83.9 Å². The molecule has 0 radical (unpaired) electrons. The number of carbonyl (C=O) groups excluding carboxylic acids is 1. The van der Waals surface area contributed by atoms with Gasteiger partial charge in [0.15, 0.2) is 9.84 Å². The number of likely N-dealkylation sites (tertiary alicyclic amines) is 1. The molecule has 8 heteroatoms. The van der Waals surface area contributed by atoms with Crippen LogP contribution in [0.5, 0.6) is 0 Å². The van der Waals surface area contributed by atoms with Gasteiger partial charge in [-0.15, -0.1) is 0 Å². The molecule has 2 heterocycles. The molecule has 5 rings (SSSR count). The minimum absolute atomic E-state index is 0.00278. The van der Waals surface area contributed by atoms with E-state index in [9.17, 15) is 13.2 Å². The molecule has 0 spiro atoms. The highest BCUT2D eigenvalue weighted by Gasteiger charge is 2.36. The maximum atomic E-state index is 13.2. The number of sulfone groups is 1. The number of nitrogens with zero attached hydrogens (tertiary/aromatic N) is 3. The van der Waals surface area contributed by atoms with Gasteiger partial charge in [0.1, 0.15) is 5.82 Å². The summed E-state index contributed by atoms with van der Waals surface area (Å²) in [5.74, 6) is 0.654. The summed E-state index contributed by atoms with van der Waals surface area (Å²) in [7, 11) is -3.62. The first kappa shape index (κ1) is 27.2. The highest BCUT2D eigenvalue weighted by atomic mass is 35.5. The molecule has 0 bridgehead atoms. The van der Waals surface area contributed by atoms with Crippen LogP contribution in [0.25, 0.3) is 16.8 Å². The molecule has 1 aromatic heterocycles. The minimum atomic E-state index is -3.62. The third kappa shape index (κ3) is 5.13. The van der Waals surface area contributed by atoms with E-state index in [2.05, 4.69) is 0 Å². The molecule has 1 atom stereocenters. The van der Waals surface area contributed by atoms with E-state index in [1.54, 1.807) is 13.0 Å². The maximum absolute atomic E-state index is 13.2. The molecule has 0 aliphatic carbocycles. The molecule has 202 valence electrons. The van der Waals surface area contributed by atoms with E-state index in [4.69, 9.17) is 16.6 Å². The number of aromatic nitrogens is 2. The van der Waals surface area contributed by atoms with Gasteiger partial charge in [0, 0.05) is 36.4 Å². The summed E-state index contributed by atoms with van der Waals surface area (Å²) in [5.41, 5.74) is 3.19. The molecule has 39 heavy (non-hydrogen) atoms. The second kappa shape index (κ2) is 10.3. The SMILES string of the molecule is CC(=O)N1CCCC1c1cn(-c2ccc(-c3ccccc3)cc2S(C)(=O)=O)c(C(C)(C)c2ccccc2Cl)n1. The first-order valence-electron chi connectivity index (χ1n) is 13.0. The highest BCUT2D eigenvalue weighted by molar-refractivity contribution is 7.90. The molecule has 6 nitrogen and oxygen atoms in total. The Labute approximate surface area is 235 Å². The number of benzene rings is 3. The van der Waals surface area contributed by atoms with Crippen molar-refractivity contribution in [3.05, 3.63) is 101 Å². The van der Waals surface area contributed by atoms with Gasteiger partial charge < -0.3 is 9.47 Å². The summed E-state index contributed by atoms with van der Waals surface area (Å²) in [5, 5.41) is 0.604. The summed E-state index contributed by atoms with van der Waals surface area (Å²) in [6, 6.07) is 22.7. The number of amides is 1. The highest BCUT2D eigenvalue weighted by Crippen LogP contribution is 2.40. The van der Waals surface area contributed by atoms with Crippen LogP contribution >= 0.6 is 11.6 Å². The second-order valence-electron chi connectivity index (χ2n) is 10.7. The van der Waals surface area contributed by atoms with Crippen LogP contribution in [0.2, 0.25) is 5.02 Å². The van der Waals surface area contributed by atoms with Crippen LogP contribution in [0.4, 0.5) is 0 Å². The van der Waals surface area contributed by atoms with Crippen molar-refractivity contribution in [3.8, 4) is 16.8 Å². The van der Waals surface area contributed by atoms with Crippen molar-refractivity contribution >= 4 is 27.3 Å². The quantitative estimate of drug-likeness (QED) is 0.266. The van der Waals surface area contributed by atoms with Crippen LogP contribution < -0.4 is 0 Å². The predicted molar refractivity (Wildman–Crippen MR) is 155 cm³/mol. The number of carbonyl (C=O) groups is 1. The Morgan fingerprint density at radius 1 is 1.00 bits per heavy atom. The van der Waals surface area contributed by atoms with E-state index >= 15 is 0 Å². The molecule has 1 fully saturated rings. The maximum Gasteiger partial charge on any atom is 0.220 e. The van der Waals surface area contributed by atoms with Crippen molar-refractivity contribution in [2.75, 3.05) is 12.8 Å². The lowest BCUT2D eigenvalue weighted by Crippen LogP contribution is -2.28. The van der Waals surface area contributed by atoms with Gasteiger partial charge in [0.2, 0.25) is 5.91 Å². The van der Waals surface area contributed by atoms with Crippen LogP contribution in [0.3, 0.4) is 0 Å². The summed E-state index contributed by atoms with van der Waals surface area (Å²) in [6.07, 6.45) is 4.81. The minimum Gasteiger partial charge on any atom is -0.334 e. The molecular weight excluding hydrogens is 530 g/mol. The standard InChI is InChI=1S/C31H32ClN3O3S/c1-21(36)34-18-10-15-27(34)26-20-35(30(33-26)31(2,3)24-13-8-9-14-25(24)32)28-17-16-23(19-29(28)39(4,37)38)22-11-6-5-7-12-22/h5-9,11-14,16-17,19-20,27H,10,15,18H2,1-4H3. The molecule has 3 aromatic carbocycles. The Balaban J connectivity index is 1.76. The molecule has 1 unspecified atom stereocenters. The van der Waals surface area contributed by atoms with Crippen molar-refractivity contribution in [2.45, 2.75) is 50.0 Å². The summed E-state index contributed by atoms with van der Waals surface area (Å²) in [4.78, 5) is 19.6. The lowest BCUT2D eigenvalue weighted by molar-refractivity contribution is -0.129. The molecule has 0 N–H and O–H groups in total. The molecule has 0 saturated carbocycles. The summed E-state index contributed by atoms with van der Waals surface area (Å²) >= 11 is 6.66. The van der Waals surface area contributed by atoms with Crippen molar-refractivity contribution in [1.29, 1.82) is 0 Å². The van der Waals surface area contributed by atoms with Gasteiger partial charge >= 0.3 is 0 Å². The van der Waals surface area contributed by atoms with Crippen LogP contribution in [-0.2, 0) is 20.0 Å². The van der Waals surface area contributed by atoms with Gasteiger partial charge in [-0.2, -0.15) is 0 Å². The second-order valence-corrected chi connectivity index (χ2v) is 13.0. The third-order valence-electron chi connectivity index (χ3n) is 7.56. The molecule has 1 saturated heterocycles. The number of halogens is 1. The number of hydrogen-bond acceptors (Lipinski definition) is 4. The number of rotatable bonds is 6. The van der Waals surface area contributed by atoms with Crippen molar-refractivity contribution < 1.29 is 13.2 Å². The first-order chi connectivity index (χ1) is 18.5. The fourth-order valence-electron chi connectivity index (χ4n) is 5.54. The Morgan fingerprint density at radius 3 is 2.36 bits per heavy atom. The van der Waals surface area contributed by atoms with Crippen molar-refractivity contribution in [1.82, 2.24) is 14.5 Å². The average molecular weight is 562 g/mol. The van der Waals surface area contributed by atoms with Crippen molar-refractivity contribution in [2.24, 2.45) is 0 Å². The molecule has 1 aliphatic heterocycles. The lowest BCUT2D eigenvalue weighted by atomic mass is 9.83. The predicted octanol–water partition coefficient (Wildman–Crippen LogP) is 6.61. The molecular formula is C31H32ClN3O3S. The lowest BCUT2D eigenvalue weighted by Gasteiger charge is -2.27. The first-order valence-corrected chi connectivity index (χ1v) is 15.3. The molecule has 4 aromatic rings. The van der Waals surface area contributed by atoms with Gasteiger partial charge in [-0.1, -0.05) is 66.2 Å². The van der Waals surface area contributed by atoms with Gasteiger partial charge in [-0.25, -0.2) is 13.4 Å². The zero-order valence-corrected chi connectivity index (χ0v) is 24.1. The monoisotopic (exact) mass is 561 g/mol. The van der Waals surface area contributed by atoms with E-state index < -0.39 is 15.3 Å². The van der Waals surface area contributed by atoms with Crippen LogP contribution in [0, 0.1) is 0 Å². The Bertz CT molecular complexity index is 1640. The normalized spacial score (nSPS) is 16.0. The van der Waals surface area contributed by atoms with Crippen molar-refractivity contribution in [3.63, 3.8) is 0 Å². The van der Waals surface area contributed by atoms with E-state index in [0.29, 0.717) is 23.1 Å². The Kier molecular flexibility index (Phi) is 7.16. The zero-order valence-electron chi connectivity index (χ0n) is 22.6. The van der Waals surface area contributed by atoms with Crippen LogP contribution in [-0.4, -0.2) is 41.6 Å². The zero-order chi connectivity index (χ0) is 27.9. The fraction of sp³-hybridized carbons (Fsp3) is 0.290. The topological polar surface area (TPSA) is 72.3 Å². The van der Waals surface area contributed by atoms with Gasteiger partial charge in [-0.3, -0.25) is 4.79 Å². The third-order valence-corrected chi connectivity index (χ3v) is 9.01.